The van der Waals surface area contributed by atoms with E-state index in [0.717, 1.165) is 12.5 Å². The third-order valence-corrected chi connectivity index (χ3v) is 5.80. The largest absolute Gasteiger partial charge is 0.463 e. The van der Waals surface area contributed by atoms with E-state index in [1.165, 1.54) is 6.08 Å². The van der Waals surface area contributed by atoms with Crippen molar-refractivity contribution in [1.29, 1.82) is 0 Å². The SMILES string of the molecule is C=CC(=O)OCCC[SiH2]O[SiH](C)C. The van der Waals surface area contributed by atoms with E-state index in [1.54, 1.807) is 0 Å². The lowest BCUT2D eigenvalue weighted by Crippen LogP contribution is -2.12. The summed E-state index contributed by atoms with van der Waals surface area (Å²) in [7, 11) is -1.15. The van der Waals surface area contributed by atoms with Gasteiger partial charge in [0.05, 0.1) is 6.61 Å². The zero-order valence-electron chi connectivity index (χ0n) is 8.41. The Balaban J connectivity index is 3.08. The van der Waals surface area contributed by atoms with Gasteiger partial charge in [-0.3, -0.25) is 0 Å². The highest BCUT2D eigenvalue weighted by atomic mass is 28.3. The molecular weight excluding hydrogens is 200 g/mol. The number of hydrogen-bond donors (Lipinski definition) is 0. The van der Waals surface area contributed by atoms with Gasteiger partial charge in [0.25, 0.3) is 0 Å². The second kappa shape index (κ2) is 8.21. The van der Waals surface area contributed by atoms with Crippen molar-refractivity contribution in [1.82, 2.24) is 0 Å². The fourth-order valence-corrected chi connectivity index (χ4v) is 3.72. The second-order valence-electron chi connectivity index (χ2n) is 3.00. The van der Waals surface area contributed by atoms with E-state index < -0.39 is 9.04 Å². The number of esters is 1. The molecule has 0 fully saturated rings. The summed E-state index contributed by atoms with van der Waals surface area (Å²) in [6, 6.07) is 1.09. The van der Waals surface area contributed by atoms with Crippen LogP contribution in [-0.4, -0.2) is 31.4 Å². The van der Waals surface area contributed by atoms with Gasteiger partial charge in [-0.05, 0) is 25.6 Å². The molecule has 13 heavy (non-hydrogen) atoms. The summed E-state index contributed by atoms with van der Waals surface area (Å²) >= 11 is 0. The Labute approximate surface area is 83.8 Å². The van der Waals surface area contributed by atoms with E-state index in [-0.39, 0.29) is 15.7 Å². The van der Waals surface area contributed by atoms with Crippen LogP contribution in [0, 0.1) is 0 Å². The topological polar surface area (TPSA) is 35.5 Å². The van der Waals surface area contributed by atoms with Gasteiger partial charge < -0.3 is 8.85 Å². The predicted octanol–water partition coefficient (Wildman–Crippen LogP) is 0.608. The minimum atomic E-state index is -0.810. The standard InChI is InChI=1S/C8H18O3Si2/c1-4-8(9)10-6-5-7-12-11-13(2)3/h4,13H,1,5-7,12H2,2-3H3. The fourth-order valence-electron chi connectivity index (χ4n) is 0.755. The van der Waals surface area contributed by atoms with Gasteiger partial charge in [0, 0.05) is 6.08 Å². The molecule has 0 aliphatic carbocycles. The molecule has 0 rings (SSSR count). The number of carbonyl (C=O) groups excluding carboxylic acids is 1. The molecule has 0 N–H and O–H groups in total. The number of ether oxygens (including phenoxy) is 1. The molecule has 0 aromatic rings. The first kappa shape index (κ1) is 12.6. The van der Waals surface area contributed by atoms with Crippen LogP contribution in [0.2, 0.25) is 19.1 Å². The Morgan fingerprint density at radius 2 is 2.31 bits per heavy atom. The molecule has 0 aromatic heterocycles. The normalized spacial score (nSPS) is 11.0. The quantitative estimate of drug-likeness (QED) is 0.272. The number of rotatable bonds is 7. The van der Waals surface area contributed by atoms with Crippen molar-refractivity contribution in [2.75, 3.05) is 6.61 Å². The minimum absolute atomic E-state index is 0.333. The van der Waals surface area contributed by atoms with Crippen molar-refractivity contribution in [3.8, 4) is 0 Å². The summed E-state index contributed by atoms with van der Waals surface area (Å²) in [4.78, 5) is 10.6. The van der Waals surface area contributed by atoms with Crippen LogP contribution in [0.15, 0.2) is 12.7 Å². The summed E-state index contributed by atoms with van der Waals surface area (Å²) in [6.07, 6.45) is 2.11. The molecule has 0 aliphatic heterocycles. The van der Waals surface area contributed by atoms with Crippen molar-refractivity contribution in [3.05, 3.63) is 12.7 Å². The molecule has 0 spiro atoms. The summed E-state index contributed by atoms with van der Waals surface area (Å²) in [6.45, 7) is 8.16. The average molecular weight is 218 g/mol. The zero-order chi connectivity index (χ0) is 10.1. The summed E-state index contributed by atoms with van der Waals surface area (Å²) in [5, 5.41) is 0. The summed E-state index contributed by atoms with van der Waals surface area (Å²) in [5.74, 6) is -0.333. The van der Waals surface area contributed by atoms with Gasteiger partial charge in [0.2, 0.25) is 0 Å². The lowest BCUT2D eigenvalue weighted by Gasteiger charge is -2.05. The molecule has 0 saturated heterocycles. The highest BCUT2D eigenvalue weighted by molar-refractivity contribution is 6.56. The Hall–Kier alpha value is -0.396. The van der Waals surface area contributed by atoms with E-state index in [4.69, 9.17) is 8.85 Å². The first-order chi connectivity index (χ1) is 6.16. The van der Waals surface area contributed by atoms with Crippen LogP contribution in [0.1, 0.15) is 6.42 Å². The van der Waals surface area contributed by atoms with Gasteiger partial charge in [-0.1, -0.05) is 6.58 Å². The molecule has 76 valence electrons. The maximum absolute atomic E-state index is 10.6. The Bertz CT molecular complexity index is 159. The maximum atomic E-state index is 10.6. The van der Waals surface area contributed by atoms with Crippen LogP contribution in [0.5, 0.6) is 0 Å². The van der Waals surface area contributed by atoms with Crippen molar-refractivity contribution in [3.63, 3.8) is 0 Å². The predicted molar refractivity (Wildman–Crippen MR) is 59.1 cm³/mol. The third-order valence-electron chi connectivity index (χ3n) is 1.40. The molecule has 5 heteroatoms. The zero-order valence-corrected chi connectivity index (χ0v) is 11.0. The van der Waals surface area contributed by atoms with Gasteiger partial charge in [0.15, 0.2) is 9.04 Å². The molecule has 0 aliphatic rings. The Kier molecular flexibility index (Phi) is 7.96. The summed E-state index contributed by atoms with van der Waals surface area (Å²) < 4.78 is 10.4. The molecule has 0 amide bonds. The highest BCUT2D eigenvalue weighted by Crippen LogP contribution is 1.93. The second-order valence-corrected chi connectivity index (χ2v) is 7.54. The lowest BCUT2D eigenvalue weighted by atomic mass is 10.5. The van der Waals surface area contributed by atoms with E-state index in [0.29, 0.717) is 6.61 Å². The van der Waals surface area contributed by atoms with Crippen LogP contribution in [-0.2, 0) is 13.6 Å². The Morgan fingerprint density at radius 3 is 2.85 bits per heavy atom. The third kappa shape index (κ3) is 9.52. The van der Waals surface area contributed by atoms with Gasteiger partial charge in [0.1, 0.15) is 9.76 Å². The first-order valence-corrected chi connectivity index (χ1v) is 8.93. The van der Waals surface area contributed by atoms with Crippen LogP contribution in [0.25, 0.3) is 0 Å². The number of hydrogen-bond acceptors (Lipinski definition) is 3. The molecule has 0 bridgehead atoms. The molecule has 3 nitrogen and oxygen atoms in total. The van der Waals surface area contributed by atoms with E-state index >= 15 is 0 Å². The summed E-state index contributed by atoms with van der Waals surface area (Å²) in [5.41, 5.74) is 0. The van der Waals surface area contributed by atoms with Gasteiger partial charge in [-0.15, -0.1) is 0 Å². The molecule has 0 radical (unpaired) electrons. The molecule has 0 saturated carbocycles. The van der Waals surface area contributed by atoms with Crippen molar-refractivity contribution >= 4 is 24.8 Å². The fraction of sp³-hybridized carbons (Fsp3) is 0.625. The average Bonchev–Trinajstić information content (AvgIpc) is 2.10. The maximum Gasteiger partial charge on any atom is 0.330 e. The van der Waals surface area contributed by atoms with Crippen LogP contribution in [0.3, 0.4) is 0 Å². The van der Waals surface area contributed by atoms with Crippen molar-refractivity contribution in [2.24, 2.45) is 0 Å². The smallest absolute Gasteiger partial charge is 0.330 e. The van der Waals surface area contributed by atoms with Crippen molar-refractivity contribution in [2.45, 2.75) is 25.6 Å². The monoisotopic (exact) mass is 218 g/mol. The molecule has 0 unspecified atom stereocenters. The van der Waals surface area contributed by atoms with Crippen LogP contribution >= 0.6 is 0 Å². The van der Waals surface area contributed by atoms with Crippen molar-refractivity contribution < 1.29 is 13.6 Å². The van der Waals surface area contributed by atoms with Gasteiger partial charge in [-0.25, -0.2) is 4.79 Å². The van der Waals surface area contributed by atoms with Gasteiger partial charge in [-0.2, -0.15) is 0 Å². The molecule has 0 aromatic carbocycles. The van der Waals surface area contributed by atoms with Crippen LogP contribution in [0.4, 0.5) is 0 Å². The molecule has 0 heterocycles. The van der Waals surface area contributed by atoms with Crippen LogP contribution < -0.4 is 0 Å². The Morgan fingerprint density at radius 1 is 1.62 bits per heavy atom. The van der Waals surface area contributed by atoms with E-state index in [9.17, 15) is 4.79 Å². The molecule has 0 atom stereocenters. The number of carbonyl (C=O) groups is 1. The molecular formula is C8H18O3Si2. The lowest BCUT2D eigenvalue weighted by molar-refractivity contribution is -0.137. The van der Waals surface area contributed by atoms with Gasteiger partial charge >= 0.3 is 5.97 Å². The van der Waals surface area contributed by atoms with E-state index in [1.807, 2.05) is 0 Å². The first-order valence-electron chi connectivity index (χ1n) is 4.57. The minimum Gasteiger partial charge on any atom is -0.463 e. The highest BCUT2D eigenvalue weighted by Gasteiger charge is 1.97. The van der Waals surface area contributed by atoms with E-state index in [2.05, 4.69) is 19.7 Å².